The second-order valence-corrected chi connectivity index (χ2v) is 28.4. The molecule has 9 nitrogen and oxygen atoms in total. The lowest BCUT2D eigenvalue weighted by Gasteiger charge is -2.19. The molecule has 0 aliphatic carbocycles. The third-order valence-electron chi connectivity index (χ3n) is 17.9. The zero-order valence-corrected chi connectivity index (χ0v) is 61.7. The summed E-state index contributed by atoms with van der Waals surface area (Å²) in [5.74, 6) is -0.807. The van der Waals surface area contributed by atoms with E-state index < -0.39 is 26.5 Å². The van der Waals surface area contributed by atoms with Gasteiger partial charge < -0.3 is 20.1 Å². The zero-order valence-electron chi connectivity index (χ0n) is 60.8. The van der Waals surface area contributed by atoms with Crippen molar-refractivity contribution in [1.82, 2.24) is 0 Å². The molecule has 0 radical (unpaired) electrons. The number of ether oxygens (including phenoxy) is 2. The Morgan fingerprint density at radius 1 is 0.337 bits per heavy atom. The number of rotatable bonds is 76. The van der Waals surface area contributed by atoms with Gasteiger partial charge in [-0.2, -0.15) is 0 Å². The van der Waals surface area contributed by atoms with Gasteiger partial charge in [0.05, 0.1) is 13.2 Å². The number of unbranched alkanes of at least 4 members (excludes halogenated alkanes) is 51. The molecule has 0 aliphatic rings. The second-order valence-electron chi connectivity index (χ2n) is 26.9. The van der Waals surface area contributed by atoms with Crippen molar-refractivity contribution in [2.24, 2.45) is 5.73 Å². The van der Waals surface area contributed by atoms with Gasteiger partial charge in [0.25, 0.3) is 0 Å². The molecule has 0 saturated heterocycles. The number of allylic oxidation sites excluding steroid dienone is 12. The molecule has 3 N–H and O–H groups in total. The van der Waals surface area contributed by atoms with Gasteiger partial charge >= 0.3 is 19.8 Å². The van der Waals surface area contributed by atoms with Gasteiger partial charge in [-0.3, -0.25) is 18.6 Å². The maximum atomic E-state index is 12.8. The van der Waals surface area contributed by atoms with Gasteiger partial charge in [-0.05, 0) is 64.2 Å². The summed E-state index contributed by atoms with van der Waals surface area (Å²) in [4.78, 5) is 35.5. The van der Waals surface area contributed by atoms with Gasteiger partial charge in [-0.15, -0.1) is 0 Å². The van der Waals surface area contributed by atoms with Crippen LogP contribution in [0.5, 0.6) is 0 Å². The van der Waals surface area contributed by atoms with E-state index >= 15 is 0 Å². The van der Waals surface area contributed by atoms with Crippen molar-refractivity contribution in [3.05, 3.63) is 72.9 Å². The first kappa shape index (κ1) is 89.5. The fourth-order valence-corrected chi connectivity index (χ4v) is 12.8. The minimum Gasteiger partial charge on any atom is -0.462 e. The van der Waals surface area contributed by atoms with Gasteiger partial charge in [-0.1, -0.05) is 401 Å². The molecule has 2 atom stereocenters. The molecule has 0 spiro atoms. The van der Waals surface area contributed by atoms with Crippen LogP contribution in [0.25, 0.3) is 0 Å². The molecule has 0 saturated carbocycles. The molecule has 0 aliphatic heterocycles. The van der Waals surface area contributed by atoms with E-state index in [9.17, 15) is 19.0 Å². The van der Waals surface area contributed by atoms with Crippen LogP contribution in [0.3, 0.4) is 0 Å². The summed E-state index contributed by atoms with van der Waals surface area (Å²) in [5.41, 5.74) is 5.42. The molecular formula is C82H152NO8P. The zero-order chi connectivity index (χ0) is 66.5. The topological polar surface area (TPSA) is 134 Å². The van der Waals surface area contributed by atoms with E-state index in [1.807, 2.05) is 0 Å². The molecule has 0 heterocycles. The number of hydrogen-bond donors (Lipinski definition) is 2. The Bertz CT molecular complexity index is 1740. The Labute approximate surface area is 571 Å². The normalized spacial score (nSPS) is 13.2. The third kappa shape index (κ3) is 76.5. The summed E-state index contributed by atoms with van der Waals surface area (Å²) >= 11 is 0. The van der Waals surface area contributed by atoms with E-state index in [0.29, 0.717) is 6.42 Å². The molecule has 0 aromatic carbocycles. The highest BCUT2D eigenvalue weighted by Crippen LogP contribution is 2.43. The fourth-order valence-electron chi connectivity index (χ4n) is 12.0. The Morgan fingerprint density at radius 3 is 0.891 bits per heavy atom. The lowest BCUT2D eigenvalue weighted by molar-refractivity contribution is -0.161. The number of hydrogen-bond acceptors (Lipinski definition) is 8. The van der Waals surface area contributed by atoms with Crippen molar-refractivity contribution < 1.29 is 37.6 Å². The molecule has 92 heavy (non-hydrogen) atoms. The molecular weight excluding hydrogens is 1160 g/mol. The molecule has 0 amide bonds. The quantitative estimate of drug-likeness (QED) is 0.0264. The fraction of sp³-hybridized carbons (Fsp3) is 0.829. The van der Waals surface area contributed by atoms with Crippen LogP contribution in [0, 0.1) is 0 Å². The van der Waals surface area contributed by atoms with E-state index in [2.05, 4.69) is 86.8 Å². The summed E-state index contributed by atoms with van der Waals surface area (Å²) in [5, 5.41) is 0. The molecule has 10 heteroatoms. The number of phosphoric ester groups is 1. The maximum absolute atomic E-state index is 12.8. The lowest BCUT2D eigenvalue weighted by atomic mass is 10.0. The summed E-state index contributed by atoms with van der Waals surface area (Å²) in [7, 11) is -4.40. The largest absolute Gasteiger partial charge is 0.472 e. The van der Waals surface area contributed by atoms with Crippen molar-refractivity contribution in [1.29, 1.82) is 0 Å². The standard InChI is InChI=1S/C82H152NO8P/c1-3-5-7-9-11-13-15-17-19-21-23-25-27-29-31-33-35-37-39-41-42-44-46-48-50-52-54-56-58-60-62-64-66-68-70-72-74-81(84)88-78-80(79-90-92(86,87)89-77-76-83)91-82(85)75-73-71-69-67-65-63-61-59-57-55-53-51-49-47-45-43-40-38-36-34-32-30-28-26-24-22-20-18-16-14-12-10-8-6-4-2/h6,8,12,14,18,20,24,26,30,32,36,38,80H,3-5,7,9-11,13,15-17,19,21-23,25,27-29,31,33-35,37,39-79,83H2,1-2H3,(H,86,87)/b8-6-,14-12-,20-18-,26-24-,32-30-,38-36-. The van der Waals surface area contributed by atoms with Gasteiger partial charge in [0, 0.05) is 19.4 Å². The molecule has 0 aromatic rings. The maximum Gasteiger partial charge on any atom is 0.472 e. The van der Waals surface area contributed by atoms with Crippen LogP contribution < -0.4 is 5.73 Å². The van der Waals surface area contributed by atoms with E-state index in [1.165, 1.54) is 295 Å². The minimum atomic E-state index is -4.40. The van der Waals surface area contributed by atoms with E-state index in [4.69, 9.17) is 24.3 Å². The van der Waals surface area contributed by atoms with E-state index in [-0.39, 0.29) is 38.6 Å². The van der Waals surface area contributed by atoms with Gasteiger partial charge in [0.1, 0.15) is 6.61 Å². The van der Waals surface area contributed by atoms with Crippen molar-refractivity contribution in [2.75, 3.05) is 26.4 Å². The van der Waals surface area contributed by atoms with Gasteiger partial charge in [-0.25, -0.2) is 4.57 Å². The van der Waals surface area contributed by atoms with Gasteiger partial charge in [0.15, 0.2) is 6.10 Å². The second kappa shape index (κ2) is 77.5. The third-order valence-corrected chi connectivity index (χ3v) is 18.8. The minimum absolute atomic E-state index is 0.0541. The van der Waals surface area contributed by atoms with Crippen LogP contribution in [0.1, 0.15) is 406 Å². The molecule has 538 valence electrons. The van der Waals surface area contributed by atoms with Crippen molar-refractivity contribution >= 4 is 19.8 Å². The van der Waals surface area contributed by atoms with Crippen LogP contribution >= 0.6 is 7.82 Å². The lowest BCUT2D eigenvalue weighted by Crippen LogP contribution is -2.29. The molecule has 2 unspecified atom stereocenters. The van der Waals surface area contributed by atoms with Crippen LogP contribution in [0.2, 0.25) is 0 Å². The number of phosphoric acid groups is 1. The van der Waals surface area contributed by atoms with Gasteiger partial charge in [0.2, 0.25) is 0 Å². The Kier molecular flexibility index (Phi) is 75.3. The average molecular weight is 1310 g/mol. The summed E-state index contributed by atoms with van der Waals surface area (Å²) in [6, 6.07) is 0. The molecule has 0 rings (SSSR count). The highest BCUT2D eigenvalue weighted by atomic mass is 31.2. The number of carbonyl (C=O) groups is 2. The van der Waals surface area contributed by atoms with E-state index in [1.54, 1.807) is 0 Å². The van der Waals surface area contributed by atoms with Crippen molar-refractivity contribution in [3.63, 3.8) is 0 Å². The first-order valence-corrected chi connectivity index (χ1v) is 41.4. The smallest absolute Gasteiger partial charge is 0.462 e. The van der Waals surface area contributed by atoms with Crippen molar-refractivity contribution in [3.8, 4) is 0 Å². The Balaban J connectivity index is 3.78. The number of nitrogens with two attached hydrogens (primary N) is 1. The highest BCUT2D eigenvalue weighted by Gasteiger charge is 2.26. The number of esters is 2. The van der Waals surface area contributed by atoms with Crippen LogP contribution in [-0.2, 0) is 32.7 Å². The first-order chi connectivity index (χ1) is 45.3. The first-order valence-electron chi connectivity index (χ1n) is 39.9. The Morgan fingerprint density at radius 2 is 0.598 bits per heavy atom. The summed E-state index contributed by atoms with van der Waals surface area (Å²) < 4.78 is 33.3. The predicted octanol–water partition coefficient (Wildman–Crippen LogP) is 26.7. The van der Waals surface area contributed by atoms with Crippen LogP contribution in [0.4, 0.5) is 0 Å². The average Bonchev–Trinajstić information content (AvgIpc) is 2.93. The van der Waals surface area contributed by atoms with Crippen LogP contribution in [0.15, 0.2) is 72.9 Å². The SMILES string of the molecule is CC/C=C\C/C=C\C/C=C\C/C=C\C/C=C\C/C=C\CCCCCCCCCCCCCCCCCCC(=O)OC(COC(=O)CCCCCCCCCCCCCCCCCCCCCCCCCCCCCCCCCCCCCC)COP(=O)(O)OCCN. The molecule has 0 fully saturated rings. The summed E-state index contributed by atoms with van der Waals surface area (Å²) in [6.45, 7) is 3.70. The molecule has 0 bridgehead atoms. The van der Waals surface area contributed by atoms with Crippen molar-refractivity contribution in [2.45, 2.75) is 412 Å². The predicted molar refractivity (Wildman–Crippen MR) is 399 cm³/mol. The summed E-state index contributed by atoms with van der Waals surface area (Å²) in [6.07, 6.45) is 103. The highest BCUT2D eigenvalue weighted by molar-refractivity contribution is 7.47. The number of carbonyl (C=O) groups excluding carboxylic acids is 2. The molecule has 0 aromatic heterocycles. The Hall–Kier alpha value is -2.55. The van der Waals surface area contributed by atoms with E-state index in [0.717, 1.165) is 77.0 Å². The van der Waals surface area contributed by atoms with Crippen LogP contribution in [-0.4, -0.2) is 49.3 Å². The monoisotopic (exact) mass is 1310 g/mol.